The Kier molecular flexibility index (Phi) is 3.51. The van der Waals surface area contributed by atoms with Gasteiger partial charge in [0.25, 0.3) is 0 Å². The summed E-state index contributed by atoms with van der Waals surface area (Å²) in [5.74, 6) is -1.62. The summed E-state index contributed by atoms with van der Waals surface area (Å²) in [6.45, 7) is 2.13. The van der Waals surface area contributed by atoms with Crippen LogP contribution in [0.5, 0.6) is 0 Å². The Bertz CT molecular complexity index is 178. The maximum absolute atomic E-state index is 5.66. The standard InChI is InChI=1S/C8H12Br2O4/c9-5-7-8(6-10,12-2-1-11-7)14-4-3-13-7/h1-6H2. The Morgan fingerprint density at radius 3 is 1.21 bits per heavy atom. The van der Waals surface area contributed by atoms with Gasteiger partial charge in [-0.2, -0.15) is 0 Å². The van der Waals surface area contributed by atoms with E-state index in [1.54, 1.807) is 0 Å². The van der Waals surface area contributed by atoms with E-state index in [2.05, 4.69) is 31.9 Å². The van der Waals surface area contributed by atoms with E-state index in [0.717, 1.165) is 0 Å². The highest BCUT2D eigenvalue weighted by Gasteiger charge is 2.59. The van der Waals surface area contributed by atoms with Crippen molar-refractivity contribution in [1.82, 2.24) is 0 Å². The van der Waals surface area contributed by atoms with Crippen LogP contribution in [0.25, 0.3) is 0 Å². The van der Waals surface area contributed by atoms with Crippen molar-refractivity contribution in [2.24, 2.45) is 0 Å². The van der Waals surface area contributed by atoms with Gasteiger partial charge in [-0.25, -0.2) is 0 Å². The summed E-state index contributed by atoms with van der Waals surface area (Å²) in [6, 6.07) is 0. The molecule has 0 aromatic rings. The SMILES string of the molecule is BrCC12OCCOC1(CBr)OCCO2. The number of halogens is 2. The molecule has 0 atom stereocenters. The summed E-state index contributed by atoms with van der Waals surface area (Å²) in [5, 5.41) is 1.07. The van der Waals surface area contributed by atoms with Crippen molar-refractivity contribution in [2.75, 3.05) is 37.1 Å². The zero-order valence-electron chi connectivity index (χ0n) is 7.63. The molecule has 0 bridgehead atoms. The van der Waals surface area contributed by atoms with Crippen LogP contribution >= 0.6 is 31.9 Å². The van der Waals surface area contributed by atoms with Crippen LogP contribution in [0.1, 0.15) is 0 Å². The fourth-order valence-corrected chi connectivity index (χ4v) is 3.21. The van der Waals surface area contributed by atoms with Gasteiger partial charge in [0.1, 0.15) is 0 Å². The highest BCUT2D eigenvalue weighted by Crippen LogP contribution is 2.40. The molecule has 0 radical (unpaired) electrons. The average molecular weight is 332 g/mol. The topological polar surface area (TPSA) is 36.9 Å². The summed E-state index contributed by atoms with van der Waals surface area (Å²) in [4.78, 5) is 0. The largest absolute Gasteiger partial charge is 0.342 e. The lowest BCUT2D eigenvalue weighted by molar-refractivity contribution is -0.446. The zero-order valence-corrected chi connectivity index (χ0v) is 10.8. The summed E-state index contributed by atoms with van der Waals surface area (Å²) in [5.41, 5.74) is 0. The van der Waals surface area contributed by atoms with Crippen LogP contribution in [0.15, 0.2) is 0 Å². The smallest absolute Gasteiger partial charge is 0.234 e. The lowest BCUT2D eigenvalue weighted by Crippen LogP contribution is -2.69. The third-order valence-electron chi connectivity index (χ3n) is 2.44. The molecule has 82 valence electrons. The van der Waals surface area contributed by atoms with E-state index in [9.17, 15) is 0 Å². The fraction of sp³-hybridized carbons (Fsp3) is 1.00. The highest BCUT2D eigenvalue weighted by molar-refractivity contribution is 9.09. The zero-order chi connectivity index (χ0) is 10.1. The molecule has 2 fully saturated rings. The molecule has 2 aliphatic heterocycles. The van der Waals surface area contributed by atoms with Crippen LogP contribution in [0, 0.1) is 0 Å². The first-order valence-electron chi connectivity index (χ1n) is 4.46. The predicted octanol–water partition coefficient (Wildman–Crippen LogP) is 1.26. The molecule has 0 aliphatic carbocycles. The van der Waals surface area contributed by atoms with E-state index in [1.165, 1.54) is 0 Å². The second-order valence-corrected chi connectivity index (χ2v) is 4.29. The van der Waals surface area contributed by atoms with Crippen LogP contribution in [0.2, 0.25) is 0 Å². The van der Waals surface area contributed by atoms with Gasteiger partial charge in [-0.15, -0.1) is 0 Å². The molecule has 0 spiro atoms. The molecular weight excluding hydrogens is 320 g/mol. The van der Waals surface area contributed by atoms with E-state index in [0.29, 0.717) is 37.1 Å². The molecule has 4 nitrogen and oxygen atoms in total. The Morgan fingerprint density at radius 1 is 0.714 bits per heavy atom. The van der Waals surface area contributed by atoms with Gasteiger partial charge < -0.3 is 18.9 Å². The third kappa shape index (κ3) is 1.56. The molecule has 0 saturated carbocycles. The Balaban J connectivity index is 2.27. The maximum Gasteiger partial charge on any atom is 0.234 e. The van der Waals surface area contributed by atoms with Crippen molar-refractivity contribution in [3.05, 3.63) is 0 Å². The third-order valence-corrected chi connectivity index (χ3v) is 3.92. The number of alkyl halides is 2. The highest BCUT2D eigenvalue weighted by atomic mass is 79.9. The average Bonchev–Trinajstić information content (AvgIpc) is 2.28. The van der Waals surface area contributed by atoms with Crippen LogP contribution in [-0.4, -0.2) is 48.7 Å². The first-order valence-corrected chi connectivity index (χ1v) is 6.71. The maximum atomic E-state index is 5.66. The predicted molar refractivity (Wildman–Crippen MR) is 56.9 cm³/mol. The quantitative estimate of drug-likeness (QED) is 0.714. The van der Waals surface area contributed by atoms with E-state index in [1.807, 2.05) is 0 Å². The van der Waals surface area contributed by atoms with Crippen molar-refractivity contribution >= 4 is 31.9 Å². The monoisotopic (exact) mass is 330 g/mol. The number of hydrogen-bond donors (Lipinski definition) is 0. The van der Waals surface area contributed by atoms with Crippen molar-refractivity contribution in [2.45, 2.75) is 11.6 Å². The minimum Gasteiger partial charge on any atom is -0.342 e. The van der Waals surface area contributed by atoms with Gasteiger partial charge in [-0.05, 0) is 0 Å². The lowest BCUT2D eigenvalue weighted by Gasteiger charge is -2.52. The molecular formula is C8H12Br2O4. The molecule has 0 unspecified atom stereocenters. The van der Waals surface area contributed by atoms with Gasteiger partial charge >= 0.3 is 0 Å². The summed E-state index contributed by atoms with van der Waals surface area (Å²) < 4.78 is 22.7. The van der Waals surface area contributed by atoms with Crippen molar-refractivity contribution < 1.29 is 18.9 Å². The lowest BCUT2D eigenvalue weighted by atomic mass is 10.1. The first-order chi connectivity index (χ1) is 6.79. The second kappa shape index (κ2) is 4.35. The van der Waals surface area contributed by atoms with E-state index >= 15 is 0 Å². The van der Waals surface area contributed by atoms with E-state index in [-0.39, 0.29) is 0 Å². The van der Waals surface area contributed by atoms with E-state index in [4.69, 9.17) is 18.9 Å². The summed E-state index contributed by atoms with van der Waals surface area (Å²) in [7, 11) is 0. The number of fused-ring (bicyclic) bond motifs is 1. The fourth-order valence-electron chi connectivity index (χ4n) is 1.71. The second-order valence-electron chi connectivity index (χ2n) is 3.17. The van der Waals surface area contributed by atoms with Crippen molar-refractivity contribution in [3.63, 3.8) is 0 Å². The molecule has 2 aliphatic rings. The minimum atomic E-state index is -0.812. The normalized spacial score (nSPS) is 43.3. The Labute approximate surface area is 99.5 Å². The molecule has 0 aromatic carbocycles. The summed E-state index contributed by atoms with van der Waals surface area (Å²) in [6.07, 6.45) is 0. The van der Waals surface area contributed by atoms with Crippen LogP contribution in [0.4, 0.5) is 0 Å². The van der Waals surface area contributed by atoms with E-state index < -0.39 is 11.6 Å². The first kappa shape index (κ1) is 11.3. The number of ether oxygens (including phenoxy) is 4. The number of rotatable bonds is 2. The van der Waals surface area contributed by atoms with Gasteiger partial charge in [0.15, 0.2) is 0 Å². The Hall–Kier alpha value is 0.800. The molecule has 2 saturated heterocycles. The Morgan fingerprint density at radius 2 is 1.00 bits per heavy atom. The van der Waals surface area contributed by atoms with Gasteiger partial charge in [-0.1, -0.05) is 31.9 Å². The summed E-state index contributed by atoms with van der Waals surface area (Å²) >= 11 is 6.78. The van der Waals surface area contributed by atoms with Crippen LogP contribution in [-0.2, 0) is 18.9 Å². The van der Waals surface area contributed by atoms with Gasteiger partial charge in [0.05, 0.1) is 37.1 Å². The molecule has 0 N–H and O–H groups in total. The van der Waals surface area contributed by atoms with Gasteiger partial charge in [0, 0.05) is 0 Å². The molecule has 0 aromatic heterocycles. The van der Waals surface area contributed by atoms with Crippen LogP contribution < -0.4 is 0 Å². The minimum absolute atomic E-state index is 0.531. The molecule has 2 rings (SSSR count). The molecule has 0 amide bonds. The van der Waals surface area contributed by atoms with Gasteiger partial charge in [0.2, 0.25) is 11.6 Å². The molecule has 6 heteroatoms. The van der Waals surface area contributed by atoms with Crippen LogP contribution in [0.3, 0.4) is 0 Å². The molecule has 2 heterocycles. The van der Waals surface area contributed by atoms with Crippen molar-refractivity contribution in [1.29, 1.82) is 0 Å². The number of hydrogen-bond acceptors (Lipinski definition) is 4. The molecule has 14 heavy (non-hydrogen) atoms. The van der Waals surface area contributed by atoms with Crippen molar-refractivity contribution in [3.8, 4) is 0 Å². The van der Waals surface area contributed by atoms with Gasteiger partial charge in [-0.3, -0.25) is 0 Å².